The van der Waals surface area contributed by atoms with Crippen molar-refractivity contribution in [1.29, 1.82) is 0 Å². The SMILES string of the molecule is C#CCSCCNC(=O)CSCC(=O)O. The minimum atomic E-state index is -0.905. The normalized spacial score (nSPS) is 9.27. The second kappa shape index (κ2) is 9.74. The predicted octanol–water partition coefficient (Wildman–Crippen LogP) is 0.287. The molecule has 0 aliphatic carbocycles. The van der Waals surface area contributed by atoms with Crippen LogP contribution in [0.25, 0.3) is 0 Å². The third-order valence-electron chi connectivity index (χ3n) is 1.21. The van der Waals surface area contributed by atoms with E-state index in [9.17, 15) is 9.59 Å². The van der Waals surface area contributed by atoms with Crippen molar-refractivity contribution in [3.8, 4) is 12.3 Å². The monoisotopic (exact) mass is 247 g/mol. The lowest BCUT2D eigenvalue weighted by Gasteiger charge is -2.02. The molecule has 0 aromatic heterocycles. The first-order valence-electron chi connectivity index (χ1n) is 4.24. The quantitative estimate of drug-likeness (QED) is 0.476. The zero-order valence-electron chi connectivity index (χ0n) is 8.19. The van der Waals surface area contributed by atoms with E-state index in [2.05, 4.69) is 11.2 Å². The molecule has 0 aromatic rings. The second-order valence-corrected chi connectivity index (χ2v) is 4.58. The highest BCUT2D eigenvalue weighted by Crippen LogP contribution is 1.99. The van der Waals surface area contributed by atoms with Crippen molar-refractivity contribution in [3.63, 3.8) is 0 Å². The van der Waals surface area contributed by atoms with Gasteiger partial charge >= 0.3 is 5.97 Å². The van der Waals surface area contributed by atoms with Crippen LogP contribution < -0.4 is 5.32 Å². The Labute approximate surface area is 97.6 Å². The number of aliphatic carboxylic acids is 1. The molecule has 0 aliphatic heterocycles. The first kappa shape index (κ1) is 14.2. The molecule has 6 heteroatoms. The lowest BCUT2D eigenvalue weighted by molar-refractivity contribution is -0.133. The van der Waals surface area contributed by atoms with Crippen LogP contribution in [-0.4, -0.2) is 46.5 Å². The maximum Gasteiger partial charge on any atom is 0.313 e. The van der Waals surface area contributed by atoms with Crippen LogP contribution in [0.5, 0.6) is 0 Å². The fourth-order valence-corrected chi connectivity index (χ4v) is 1.75. The van der Waals surface area contributed by atoms with Crippen LogP contribution in [0.2, 0.25) is 0 Å². The van der Waals surface area contributed by atoms with Crippen LogP contribution in [0.4, 0.5) is 0 Å². The van der Waals surface area contributed by atoms with Crippen molar-refractivity contribution in [2.45, 2.75) is 0 Å². The van der Waals surface area contributed by atoms with Gasteiger partial charge in [-0.3, -0.25) is 9.59 Å². The van der Waals surface area contributed by atoms with Gasteiger partial charge in [0, 0.05) is 12.3 Å². The summed E-state index contributed by atoms with van der Waals surface area (Å²) in [4.78, 5) is 21.2. The Morgan fingerprint density at radius 3 is 2.67 bits per heavy atom. The number of carbonyl (C=O) groups is 2. The Balaban J connectivity index is 3.27. The summed E-state index contributed by atoms with van der Waals surface area (Å²) in [6.07, 6.45) is 5.05. The van der Waals surface area contributed by atoms with Crippen molar-refractivity contribution in [2.24, 2.45) is 0 Å². The highest BCUT2D eigenvalue weighted by atomic mass is 32.2. The van der Waals surface area contributed by atoms with Gasteiger partial charge in [0.15, 0.2) is 0 Å². The van der Waals surface area contributed by atoms with Gasteiger partial charge in [0.1, 0.15) is 0 Å². The topological polar surface area (TPSA) is 66.4 Å². The van der Waals surface area contributed by atoms with Crippen LogP contribution in [0, 0.1) is 12.3 Å². The van der Waals surface area contributed by atoms with Gasteiger partial charge in [-0.05, 0) is 0 Å². The molecule has 0 heterocycles. The smallest absolute Gasteiger partial charge is 0.313 e. The van der Waals surface area contributed by atoms with Crippen LogP contribution >= 0.6 is 23.5 Å². The highest BCUT2D eigenvalue weighted by Gasteiger charge is 2.02. The molecule has 15 heavy (non-hydrogen) atoms. The second-order valence-electron chi connectivity index (χ2n) is 2.49. The van der Waals surface area contributed by atoms with Gasteiger partial charge in [0.2, 0.25) is 5.91 Å². The fraction of sp³-hybridized carbons (Fsp3) is 0.556. The molecule has 0 fully saturated rings. The van der Waals surface area contributed by atoms with Crippen molar-refractivity contribution in [1.82, 2.24) is 5.32 Å². The van der Waals surface area contributed by atoms with Crippen molar-refractivity contribution in [2.75, 3.05) is 29.6 Å². The largest absolute Gasteiger partial charge is 0.481 e. The molecule has 0 aliphatic rings. The molecule has 1 amide bonds. The molecule has 0 saturated heterocycles. The molecule has 0 atom stereocenters. The van der Waals surface area contributed by atoms with Crippen molar-refractivity contribution < 1.29 is 14.7 Å². The molecule has 2 N–H and O–H groups in total. The minimum Gasteiger partial charge on any atom is -0.481 e. The van der Waals surface area contributed by atoms with Crippen LogP contribution in [-0.2, 0) is 9.59 Å². The summed E-state index contributed by atoms with van der Waals surface area (Å²) in [6, 6.07) is 0. The van der Waals surface area contributed by atoms with E-state index in [0.717, 1.165) is 17.5 Å². The third-order valence-corrected chi connectivity index (χ3v) is 2.99. The molecule has 0 unspecified atom stereocenters. The average molecular weight is 247 g/mol. The number of carboxylic acids is 1. The summed E-state index contributed by atoms with van der Waals surface area (Å²) < 4.78 is 0. The summed E-state index contributed by atoms with van der Waals surface area (Å²) >= 11 is 2.66. The Morgan fingerprint density at radius 2 is 2.07 bits per heavy atom. The van der Waals surface area contributed by atoms with E-state index in [4.69, 9.17) is 11.5 Å². The van der Waals surface area contributed by atoms with Gasteiger partial charge in [-0.25, -0.2) is 0 Å². The number of rotatable bonds is 8. The third kappa shape index (κ3) is 11.1. The van der Waals surface area contributed by atoms with Gasteiger partial charge in [-0.2, -0.15) is 0 Å². The molecular weight excluding hydrogens is 234 g/mol. The van der Waals surface area contributed by atoms with Crippen LogP contribution in [0.1, 0.15) is 0 Å². The lowest BCUT2D eigenvalue weighted by Crippen LogP contribution is -2.27. The van der Waals surface area contributed by atoms with Gasteiger partial charge in [-0.1, -0.05) is 5.92 Å². The van der Waals surface area contributed by atoms with E-state index in [0.29, 0.717) is 12.3 Å². The number of carboxylic acid groups (broad SMARTS) is 1. The molecule has 4 nitrogen and oxygen atoms in total. The molecule has 84 valence electrons. The highest BCUT2D eigenvalue weighted by molar-refractivity contribution is 8.00. The van der Waals surface area contributed by atoms with E-state index in [-0.39, 0.29) is 17.4 Å². The summed E-state index contributed by atoms with van der Waals surface area (Å²) in [7, 11) is 0. The number of hydrogen-bond donors (Lipinski definition) is 2. The molecule has 0 spiro atoms. The van der Waals surface area contributed by atoms with Crippen LogP contribution in [0.15, 0.2) is 0 Å². The molecule has 0 radical (unpaired) electrons. The van der Waals surface area contributed by atoms with Gasteiger partial charge in [0.25, 0.3) is 0 Å². The minimum absolute atomic E-state index is 0.0424. The Bertz CT molecular complexity index is 250. The van der Waals surface area contributed by atoms with E-state index in [1.165, 1.54) is 0 Å². The molecule has 0 aromatic carbocycles. The zero-order chi connectivity index (χ0) is 11.5. The number of hydrogen-bond acceptors (Lipinski definition) is 4. The average Bonchev–Trinajstić information content (AvgIpc) is 2.17. The number of nitrogens with one attached hydrogen (secondary N) is 1. The van der Waals surface area contributed by atoms with E-state index in [1.54, 1.807) is 11.8 Å². The Morgan fingerprint density at radius 1 is 1.33 bits per heavy atom. The van der Waals surface area contributed by atoms with Gasteiger partial charge in [-0.15, -0.1) is 29.9 Å². The molecule has 0 rings (SSSR count). The predicted molar refractivity (Wildman–Crippen MR) is 64.1 cm³/mol. The number of carbonyl (C=O) groups excluding carboxylic acids is 1. The standard InChI is InChI=1S/C9H13NO3S2/c1-2-4-14-5-3-10-8(11)6-15-7-9(12)13/h1H,3-7H2,(H,10,11)(H,12,13). The zero-order valence-corrected chi connectivity index (χ0v) is 9.83. The van der Waals surface area contributed by atoms with E-state index >= 15 is 0 Å². The molecule has 0 saturated carbocycles. The van der Waals surface area contributed by atoms with E-state index < -0.39 is 5.97 Å². The fourth-order valence-electron chi connectivity index (χ4n) is 0.676. The Hall–Kier alpha value is -0.800. The maximum absolute atomic E-state index is 11.1. The number of thioether (sulfide) groups is 2. The van der Waals surface area contributed by atoms with Crippen molar-refractivity contribution >= 4 is 35.4 Å². The van der Waals surface area contributed by atoms with E-state index in [1.807, 2.05) is 0 Å². The lowest BCUT2D eigenvalue weighted by atomic mass is 10.6. The Kier molecular flexibility index (Phi) is 9.22. The summed E-state index contributed by atoms with van der Waals surface area (Å²) in [5.41, 5.74) is 0. The van der Waals surface area contributed by atoms with Gasteiger partial charge in [0.05, 0.1) is 17.3 Å². The summed E-state index contributed by atoms with van der Waals surface area (Å²) in [6.45, 7) is 0.568. The summed E-state index contributed by atoms with van der Waals surface area (Å²) in [5.74, 6) is 3.01. The number of terminal acetylenes is 1. The number of amides is 1. The first-order chi connectivity index (χ1) is 7.16. The van der Waals surface area contributed by atoms with Crippen molar-refractivity contribution in [3.05, 3.63) is 0 Å². The summed E-state index contributed by atoms with van der Waals surface area (Å²) in [5, 5.41) is 11.0. The molecular formula is C9H13NO3S2. The van der Waals surface area contributed by atoms with Crippen LogP contribution in [0.3, 0.4) is 0 Å². The molecule has 0 bridgehead atoms. The first-order valence-corrected chi connectivity index (χ1v) is 6.55. The maximum atomic E-state index is 11.1. The van der Waals surface area contributed by atoms with Gasteiger partial charge < -0.3 is 10.4 Å².